The highest BCUT2D eigenvalue weighted by Gasteiger charge is 2.35. The molecule has 2 aliphatic heterocycles. The highest BCUT2D eigenvalue weighted by Crippen LogP contribution is 2.46. The van der Waals surface area contributed by atoms with E-state index in [2.05, 4.69) is 65.7 Å². The molecule has 2 aromatic carbocycles. The van der Waals surface area contributed by atoms with Crippen LogP contribution in [0.3, 0.4) is 0 Å². The van der Waals surface area contributed by atoms with Gasteiger partial charge in [-0.25, -0.2) is 0 Å². The number of hydrogen-bond donors (Lipinski definition) is 1. The molecule has 22 heavy (non-hydrogen) atoms. The van der Waals surface area contributed by atoms with Gasteiger partial charge >= 0.3 is 0 Å². The Bertz CT molecular complexity index is 624. The van der Waals surface area contributed by atoms with E-state index in [1.54, 1.807) is 0 Å². The van der Waals surface area contributed by atoms with Crippen molar-refractivity contribution < 1.29 is 4.74 Å². The first-order valence-corrected chi connectivity index (χ1v) is 8.20. The first-order chi connectivity index (χ1) is 10.9. The van der Waals surface area contributed by atoms with Crippen LogP contribution in [0.15, 0.2) is 48.5 Å². The van der Waals surface area contributed by atoms with Gasteiger partial charge in [-0.1, -0.05) is 43.3 Å². The molecule has 2 aliphatic rings. The number of ether oxygens (including phenoxy) is 1. The first-order valence-electron chi connectivity index (χ1n) is 8.20. The summed E-state index contributed by atoms with van der Waals surface area (Å²) in [7, 11) is 0. The van der Waals surface area contributed by atoms with Gasteiger partial charge in [-0.2, -0.15) is 0 Å². The van der Waals surface area contributed by atoms with Gasteiger partial charge in [0.2, 0.25) is 0 Å². The number of hydrogen-bond acceptors (Lipinski definition) is 3. The maximum absolute atomic E-state index is 6.10. The second kappa shape index (κ2) is 5.75. The Morgan fingerprint density at radius 3 is 2.32 bits per heavy atom. The Hall–Kier alpha value is -1.84. The van der Waals surface area contributed by atoms with E-state index in [1.165, 1.54) is 17.5 Å². The summed E-state index contributed by atoms with van der Waals surface area (Å²) in [5.41, 5.74) is 2.58. The lowest BCUT2D eigenvalue weighted by molar-refractivity contribution is 0.254. The summed E-state index contributed by atoms with van der Waals surface area (Å²) in [4.78, 5) is 2.59. The van der Waals surface area contributed by atoms with Crippen LogP contribution >= 0.6 is 0 Å². The SMILES string of the molecule is CCN[C@H]1CCN(C2c3ccccc3Oc3ccccc32)C1. The largest absolute Gasteiger partial charge is 0.457 e. The van der Waals surface area contributed by atoms with Gasteiger partial charge in [0.15, 0.2) is 0 Å². The molecule has 0 saturated carbocycles. The highest BCUT2D eigenvalue weighted by molar-refractivity contribution is 5.53. The van der Waals surface area contributed by atoms with E-state index in [1.807, 2.05) is 0 Å². The Morgan fingerprint density at radius 2 is 1.68 bits per heavy atom. The van der Waals surface area contributed by atoms with Crippen molar-refractivity contribution >= 4 is 0 Å². The fourth-order valence-corrected chi connectivity index (χ4v) is 3.76. The van der Waals surface area contributed by atoms with Crippen molar-refractivity contribution in [3.8, 4) is 11.5 Å². The third kappa shape index (κ3) is 2.31. The molecule has 1 fully saturated rings. The third-order valence-electron chi connectivity index (χ3n) is 4.72. The van der Waals surface area contributed by atoms with Crippen LogP contribution in [-0.2, 0) is 0 Å². The van der Waals surface area contributed by atoms with Gasteiger partial charge in [0.25, 0.3) is 0 Å². The lowest BCUT2D eigenvalue weighted by atomic mass is 9.93. The van der Waals surface area contributed by atoms with E-state index < -0.39 is 0 Å². The van der Waals surface area contributed by atoms with Gasteiger partial charge in [0.1, 0.15) is 11.5 Å². The summed E-state index contributed by atoms with van der Waals surface area (Å²) in [6.45, 7) is 5.45. The van der Waals surface area contributed by atoms with Crippen molar-refractivity contribution in [3.05, 3.63) is 59.7 Å². The van der Waals surface area contributed by atoms with Crippen LogP contribution in [0.2, 0.25) is 0 Å². The maximum atomic E-state index is 6.10. The predicted octanol–water partition coefficient (Wildman–Crippen LogP) is 3.57. The molecular weight excluding hydrogens is 272 g/mol. The molecule has 2 aromatic rings. The number of fused-ring (bicyclic) bond motifs is 2. The standard InChI is InChI=1S/C19H22N2O/c1-2-20-14-11-12-21(13-14)19-15-7-3-5-9-17(15)22-18-10-6-4-8-16(18)19/h3-10,14,19-20H,2,11-13H2,1H3/t14-/m0/s1. The summed E-state index contributed by atoms with van der Waals surface area (Å²) in [6.07, 6.45) is 1.22. The van der Waals surface area contributed by atoms with Crippen LogP contribution in [0, 0.1) is 0 Å². The molecule has 3 nitrogen and oxygen atoms in total. The van der Waals surface area contributed by atoms with Crippen LogP contribution in [0.5, 0.6) is 11.5 Å². The number of likely N-dealkylation sites (tertiary alicyclic amines) is 1. The zero-order valence-corrected chi connectivity index (χ0v) is 13.0. The van der Waals surface area contributed by atoms with Crippen molar-refractivity contribution in [3.63, 3.8) is 0 Å². The maximum Gasteiger partial charge on any atom is 0.132 e. The number of likely N-dealkylation sites (N-methyl/N-ethyl adjacent to an activating group) is 1. The molecule has 1 atom stereocenters. The van der Waals surface area contributed by atoms with Crippen LogP contribution in [0.25, 0.3) is 0 Å². The van der Waals surface area contributed by atoms with Gasteiger partial charge in [-0.3, -0.25) is 4.90 Å². The number of benzene rings is 2. The van der Waals surface area contributed by atoms with Gasteiger partial charge < -0.3 is 10.1 Å². The lowest BCUT2D eigenvalue weighted by Gasteiger charge is -2.34. The van der Waals surface area contributed by atoms with E-state index in [4.69, 9.17) is 4.74 Å². The van der Waals surface area contributed by atoms with Crippen LogP contribution < -0.4 is 10.1 Å². The molecule has 4 rings (SSSR count). The van der Waals surface area contributed by atoms with Gasteiger partial charge in [0.05, 0.1) is 6.04 Å². The monoisotopic (exact) mass is 294 g/mol. The summed E-state index contributed by atoms with van der Waals surface area (Å²) < 4.78 is 6.10. The smallest absolute Gasteiger partial charge is 0.132 e. The second-order valence-corrected chi connectivity index (χ2v) is 6.12. The average molecular weight is 294 g/mol. The first kappa shape index (κ1) is 13.8. The van der Waals surface area contributed by atoms with E-state index in [-0.39, 0.29) is 0 Å². The van der Waals surface area contributed by atoms with Crippen molar-refractivity contribution in [1.82, 2.24) is 10.2 Å². The molecule has 3 heteroatoms. The van der Waals surface area contributed by atoms with Crippen LogP contribution in [-0.4, -0.2) is 30.6 Å². The van der Waals surface area contributed by atoms with E-state index in [9.17, 15) is 0 Å². The fraction of sp³-hybridized carbons (Fsp3) is 0.368. The van der Waals surface area contributed by atoms with E-state index in [0.29, 0.717) is 12.1 Å². The minimum Gasteiger partial charge on any atom is -0.457 e. The minimum atomic E-state index is 0.310. The van der Waals surface area contributed by atoms with Crippen molar-refractivity contribution in [2.75, 3.05) is 19.6 Å². The minimum absolute atomic E-state index is 0.310. The molecular formula is C19H22N2O. The number of nitrogens with one attached hydrogen (secondary N) is 1. The molecule has 2 heterocycles. The molecule has 0 radical (unpaired) electrons. The topological polar surface area (TPSA) is 24.5 Å². The Labute approximate surface area is 131 Å². The zero-order chi connectivity index (χ0) is 14.9. The number of nitrogens with zero attached hydrogens (tertiary/aromatic N) is 1. The molecule has 0 amide bonds. The molecule has 0 unspecified atom stereocenters. The van der Waals surface area contributed by atoms with E-state index in [0.717, 1.165) is 31.1 Å². The quantitative estimate of drug-likeness (QED) is 0.936. The number of rotatable bonds is 3. The third-order valence-corrected chi connectivity index (χ3v) is 4.72. The van der Waals surface area contributed by atoms with Gasteiger partial charge in [0, 0.05) is 30.3 Å². The Morgan fingerprint density at radius 1 is 1.05 bits per heavy atom. The van der Waals surface area contributed by atoms with Crippen LogP contribution in [0.4, 0.5) is 0 Å². The molecule has 0 spiro atoms. The molecule has 0 aromatic heterocycles. The summed E-state index contributed by atoms with van der Waals surface area (Å²) in [6, 6.07) is 17.8. The van der Waals surface area contributed by atoms with Gasteiger partial charge in [-0.15, -0.1) is 0 Å². The fourth-order valence-electron chi connectivity index (χ4n) is 3.76. The molecule has 1 N–H and O–H groups in total. The van der Waals surface area contributed by atoms with Crippen LogP contribution in [0.1, 0.15) is 30.5 Å². The van der Waals surface area contributed by atoms with Crippen molar-refractivity contribution in [2.45, 2.75) is 25.4 Å². The highest BCUT2D eigenvalue weighted by atomic mass is 16.5. The normalized spacial score (nSPS) is 21.2. The molecule has 114 valence electrons. The number of para-hydroxylation sites is 2. The Kier molecular flexibility index (Phi) is 3.60. The molecule has 0 aliphatic carbocycles. The van der Waals surface area contributed by atoms with Crippen molar-refractivity contribution in [1.29, 1.82) is 0 Å². The molecule has 1 saturated heterocycles. The summed E-state index contributed by atoms with van der Waals surface area (Å²) in [5.74, 6) is 2.00. The van der Waals surface area contributed by atoms with E-state index >= 15 is 0 Å². The molecule has 0 bridgehead atoms. The summed E-state index contributed by atoms with van der Waals surface area (Å²) in [5, 5.41) is 3.59. The Balaban J connectivity index is 1.72. The second-order valence-electron chi connectivity index (χ2n) is 6.12. The zero-order valence-electron chi connectivity index (χ0n) is 13.0. The summed E-state index contributed by atoms with van der Waals surface area (Å²) >= 11 is 0. The van der Waals surface area contributed by atoms with Gasteiger partial charge in [-0.05, 0) is 25.1 Å². The lowest BCUT2D eigenvalue weighted by Crippen LogP contribution is -2.35. The predicted molar refractivity (Wildman–Crippen MR) is 88.5 cm³/mol. The van der Waals surface area contributed by atoms with Crippen molar-refractivity contribution in [2.24, 2.45) is 0 Å². The average Bonchev–Trinajstić information content (AvgIpc) is 3.01.